The van der Waals surface area contributed by atoms with Gasteiger partial charge in [-0.3, -0.25) is 19.4 Å². The van der Waals surface area contributed by atoms with Gasteiger partial charge in [0, 0.05) is 25.7 Å². The Bertz CT molecular complexity index is 997. The Morgan fingerprint density at radius 2 is 1.94 bits per heavy atom. The van der Waals surface area contributed by atoms with Crippen LogP contribution >= 0.6 is 47.8 Å². The van der Waals surface area contributed by atoms with Crippen LogP contribution in [-0.4, -0.2) is 82.7 Å². The van der Waals surface area contributed by atoms with Crippen LogP contribution in [0, 0.1) is 5.82 Å². The molecule has 2 N–H and O–H groups in total. The highest BCUT2D eigenvalue weighted by molar-refractivity contribution is 9.39. The fourth-order valence-corrected chi connectivity index (χ4v) is 5.27. The molecule has 3 atom stereocenters. The number of carbonyl (C=O) groups is 3. The van der Waals surface area contributed by atoms with Crippen LogP contribution < -0.4 is 20.4 Å². The second-order valence-corrected chi connectivity index (χ2v) is 15.2. The molecular weight excluding hydrogens is 690 g/mol. The first kappa shape index (κ1) is 28.9. The van der Waals surface area contributed by atoms with Crippen LogP contribution in [0.1, 0.15) is 6.92 Å². The zero-order valence-corrected chi connectivity index (χ0v) is 23.5. The van der Waals surface area contributed by atoms with Gasteiger partial charge in [0.1, 0.15) is 18.1 Å². The van der Waals surface area contributed by atoms with Crippen molar-refractivity contribution < 1.29 is 36.7 Å². The Hall–Kier alpha value is -1.65. The minimum absolute atomic E-state index is 0.0801. The van der Waals surface area contributed by atoms with E-state index in [0.717, 1.165) is 11.0 Å². The molecule has 2 unspecified atom stereocenters. The molecular formula is C20H22Br3F4N5O4. The van der Waals surface area contributed by atoms with Gasteiger partial charge < -0.3 is 20.3 Å². The van der Waals surface area contributed by atoms with Gasteiger partial charge in [0.2, 0.25) is 6.41 Å². The summed E-state index contributed by atoms with van der Waals surface area (Å²) in [6.07, 6.45) is -6.75. The van der Waals surface area contributed by atoms with Crippen molar-refractivity contribution in [3.8, 4) is 0 Å². The van der Waals surface area contributed by atoms with Crippen molar-refractivity contribution in [3.05, 3.63) is 24.0 Å². The van der Waals surface area contributed by atoms with Gasteiger partial charge in [0.15, 0.2) is 2.14 Å². The van der Waals surface area contributed by atoms with E-state index in [9.17, 15) is 27.6 Å². The van der Waals surface area contributed by atoms with Crippen molar-refractivity contribution >= 4 is 77.6 Å². The number of carbonyl (C=O) groups excluding carboxylic acids is 3. The molecule has 0 saturated carbocycles. The number of hydrogen-bond donors (Lipinski definition) is 2. The summed E-state index contributed by atoms with van der Waals surface area (Å²) in [5, 5.41) is 4.41. The largest absolute Gasteiger partial charge is 0.471 e. The van der Waals surface area contributed by atoms with E-state index in [-0.39, 0.29) is 18.3 Å². The van der Waals surface area contributed by atoms with Gasteiger partial charge in [-0.25, -0.2) is 9.18 Å². The lowest BCUT2D eigenvalue weighted by Gasteiger charge is -2.46. The average Bonchev–Trinajstić information content (AvgIpc) is 3.15. The molecule has 0 radical (unpaired) electrons. The maximum atomic E-state index is 15.1. The van der Waals surface area contributed by atoms with Crippen molar-refractivity contribution in [1.29, 1.82) is 0 Å². The molecule has 1 aromatic carbocycles. The number of anilines is 2. The highest BCUT2D eigenvalue weighted by Gasteiger charge is 2.41. The van der Waals surface area contributed by atoms with E-state index in [0.29, 0.717) is 31.7 Å². The lowest BCUT2D eigenvalue weighted by atomic mass is 10.1. The van der Waals surface area contributed by atoms with Crippen LogP contribution in [0.15, 0.2) is 18.2 Å². The Morgan fingerprint density at radius 1 is 1.25 bits per heavy atom. The van der Waals surface area contributed by atoms with Crippen LogP contribution in [-0.2, 0) is 14.3 Å². The Labute approximate surface area is 229 Å². The Balaban J connectivity index is 1.65. The highest BCUT2D eigenvalue weighted by Crippen LogP contribution is 2.40. The number of benzene rings is 1. The van der Waals surface area contributed by atoms with Gasteiger partial charge in [0.25, 0.3) is 0 Å². The number of piperazine rings is 1. The zero-order chi connectivity index (χ0) is 26.8. The molecule has 0 spiro atoms. The predicted octanol–water partition coefficient (Wildman–Crippen LogP) is 3.25. The normalized spacial score (nSPS) is 22.3. The monoisotopic (exact) mass is 709 g/mol. The number of hydrogen-bond acceptors (Lipinski definition) is 6. The summed E-state index contributed by atoms with van der Waals surface area (Å²) in [4.78, 5) is 39.2. The van der Waals surface area contributed by atoms with Gasteiger partial charge in [-0.15, -0.1) is 0 Å². The van der Waals surface area contributed by atoms with Gasteiger partial charge in [-0.05, 0) is 25.1 Å². The maximum absolute atomic E-state index is 15.1. The molecule has 16 heteroatoms. The van der Waals surface area contributed by atoms with E-state index < -0.39 is 45.0 Å². The minimum atomic E-state index is -5.05. The SMILES string of the molecule is CC1CN(c2ccc(N3C[C@H](CNC(=O)C(F)(F)F)OC3=O)cc2F)CCN1C(NC=O)C(Br)(Br)Br. The van der Waals surface area contributed by atoms with Gasteiger partial charge in [-0.2, -0.15) is 13.2 Å². The molecule has 2 heterocycles. The average molecular weight is 712 g/mol. The summed E-state index contributed by atoms with van der Waals surface area (Å²) in [6, 6.07) is 4.11. The topological polar surface area (TPSA) is 94.2 Å². The fourth-order valence-electron chi connectivity index (χ4n) is 4.08. The minimum Gasteiger partial charge on any atom is -0.442 e. The van der Waals surface area contributed by atoms with Crippen molar-refractivity contribution in [2.45, 2.75) is 33.6 Å². The number of rotatable bonds is 7. The summed E-state index contributed by atoms with van der Waals surface area (Å²) in [7, 11) is 0. The summed E-state index contributed by atoms with van der Waals surface area (Å²) in [6.45, 7) is 2.67. The first-order valence-corrected chi connectivity index (χ1v) is 13.0. The van der Waals surface area contributed by atoms with Crippen LogP contribution in [0.5, 0.6) is 0 Å². The number of cyclic esters (lactones) is 1. The molecule has 2 saturated heterocycles. The molecule has 1 aromatic rings. The number of nitrogens with zero attached hydrogens (tertiary/aromatic N) is 3. The number of ether oxygens (including phenoxy) is 1. The molecule has 200 valence electrons. The summed E-state index contributed by atoms with van der Waals surface area (Å²) < 4.78 is 56.4. The lowest BCUT2D eigenvalue weighted by molar-refractivity contribution is -0.173. The number of alkyl halides is 6. The van der Waals surface area contributed by atoms with Crippen LogP contribution in [0.3, 0.4) is 0 Å². The molecule has 3 amide bonds. The van der Waals surface area contributed by atoms with E-state index in [1.54, 1.807) is 5.32 Å². The molecule has 0 bridgehead atoms. The summed E-state index contributed by atoms with van der Waals surface area (Å²) in [5.74, 6) is -2.72. The Morgan fingerprint density at radius 3 is 2.50 bits per heavy atom. The van der Waals surface area contributed by atoms with Gasteiger partial charge in [0.05, 0.1) is 24.5 Å². The second kappa shape index (κ2) is 11.4. The van der Waals surface area contributed by atoms with E-state index in [1.807, 2.05) is 16.7 Å². The van der Waals surface area contributed by atoms with E-state index >= 15 is 4.39 Å². The third-order valence-corrected chi connectivity index (χ3v) is 7.05. The van der Waals surface area contributed by atoms with Crippen molar-refractivity contribution in [2.75, 3.05) is 42.5 Å². The van der Waals surface area contributed by atoms with Crippen LogP contribution in [0.2, 0.25) is 0 Å². The van der Waals surface area contributed by atoms with Crippen molar-refractivity contribution in [3.63, 3.8) is 0 Å². The molecule has 2 fully saturated rings. The molecule has 3 rings (SSSR count). The van der Waals surface area contributed by atoms with Crippen molar-refractivity contribution in [2.24, 2.45) is 0 Å². The number of amides is 3. The quantitative estimate of drug-likeness (QED) is 0.257. The molecule has 0 aromatic heterocycles. The van der Waals surface area contributed by atoms with Gasteiger partial charge in [-0.1, -0.05) is 47.8 Å². The van der Waals surface area contributed by atoms with Gasteiger partial charge >= 0.3 is 18.2 Å². The predicted molar refractivity (Wildman–Crippen MR) is 134 cm³/mol. The summed E-state index contributed by atoms with van der Waals surface area (Å²) in [5.41, 5.74) is 0.491. The maximum Gasteiger partial charge on any atom is 0.471 e. The van der Waals surface area contributed by atoms with Crippen LogP contribution in [0.4, 0.5) is 33.7 Å². The van der Waals surface area contributed by atoms with E-state index in [2.05, 4.69) is 53.1 Å². The fraction of sp³-hybridized carbons (Fsp3) is 0.550. The third-order valence-electron chi connectivity index (χ3n) is 5.75. The lowest BCUT2D eigenvalue weighted by Crippen LogP contribution is -2.62. The number of halogens is 7. The first-order valence-electron chi connectivity index (χ1n) is 10.6. The molecule has 2 aliphatic rings. The standard InChI is InChI=1S/C20H22Br3F4N5O4/c1-11-8-30(4-5-31(11)16(29-10-33)19(21,22)23)15-3-2-12(6-14(15)24)32-9-13(36-18(32)35)7-28-17(34)20(25,26)27/h2-3,6,10-11,13,16H,4-5,7-9H2,1H3,(H,28,34)(H,29,33)/t11?,13-,16?/m0/s1. The smallest absolute Gasteiger partial charge is 0.442 e. The highest BCUT2D eigenvalue weighted by atomic mass is 80.0. The summed E-state index contributed by atoms with van der Waals surface area (Å²) >= 11 is 10.3. The molecule has 0 aliphatic carbocycles. The van der Waals surface area contributed by atoms with Crippen molar-refractivity contribution in [1.82, 2.24) is 15.5 Å². The second-order valence-electron chi connectivity index (χ2n) is 8.22. The van der Waals surface area contributed by atoms with E-state index in [4.69, 9.17) is 4.74 Å². The Kier molecular flexibility index (Phi) is 9.15. The zero-order valence-electron chi connectivity index (χ0n) is 18.7. The third kappa shape index (κ3) is 6.81. The first-order chi connectivity index (χ1) is 16.7. The van der Waals surface area contributed by atoms with Crippen LogP contribution in [0.25, 0.3) is 0 Å². The molecule has 2 aliphatic heterocycles. The molecule has 9 nitrogen and oxygen atoms in total. The molecule has 36 heavy (non-hydrogen) atoms. The number of nitrogens with one attached hydrogen (secondary N) is 2. The van der Waals surface area contributed by atoms with E-state index in [1.165, 1.54) is 12.1 Å².